The van der Waals surface area contributed by atoms with Crippen molar-refractivity contribution in [2.75, 3.05) is 11.9 Å². The number of benzene rings is 2. The molecule has 0 aliphatic carbocycles. The summed E-state index contributed by atoms with van der Waals surface area (Å²) in [5, 5.41) is 8.18. The molecule has 0 unspecified atom stereocenters. The molecule has 1 aromatic heterocycles. The van der Waals surface area contributed by atoms with E-state index in [-0.39, 0.29) is 11.8 Å². The molecule has 142 valence electrons. The fraction of sp³-hybridized carbons (Fsp3) is 0.182. The number of anilines is 1. The maximum Gasteiger partial charge on any atom is 0.226 e. The highest BCUT2D eigenvalue weighted by molar-refractivity contribution is 6.31. The molecule has 0 fully saturated rings. The normalized spacial score (nSPS) is 15.6. The smallest absolute Gasteiger partial charge is 0.226 e. The summed E-state index contributed by atoms with van der Waals surface area (Å²) in [4.78, 5) is 12.4. The van der Waals surface area contributed by atoms with Gasteiger partial charge in [-0.2, -0.15) is 5.10 Å². The van der Waals surface area contributed by atoms with E-state index in [1.165, 1.54) is 0 Å². The fourth-order valence-corrected chi connectivity index (χ4v) is 3.65. The van der Waals surface area contributed by atoms with Crippen molar-refractivity contribution in [1.82, 2.24) is 9.78 Å². The topological polar surface area (TPSA) is 56.1 Å². The molecule has 1 atom stereocenters. The summed E-state index contributed by atoms with van der Waals surface area (Å²) >= 11 is 6.27. The van der Waals surface area contributed by atoms with E-state index in [4.69, 9.17) is 16.3 Å². The molecular formula is C22H20ClN3O2. The highest BCUT2D eigenvalue weighted by Crippen LogP contribution is 2.39. The van der Waals surface area contributed by atoms with Gasteiger partial charge in [0, 0.05) is 22.9 Å². The quantitative estimate of drug-likeness (QED) is 0.629. The molecule has 0 spiro atoms. The van der Waals surface area contributed by atoms with Gasteiger partial charge in [0.15, 0.2) is 0 Å². The van der Waals surface area contributed by atoms with Gasteiger partial charge in [-0.25, -0.2) is 4.68 Å². The molecule has 1 N–H and O–H groups in total. The zero-order chi connectivity index (χ0) is 19.7. The van der Waals surface area contributed by atoms with Gasteiger partial charge in [0.05, 0.1) is 11.9 Å². The number of hydrogen-bond acceptors (Lipinski definition) is 3. The van der Waals surface area contributed by atoms with E-state index in [1.807, 2.05) is 55.6 Å². The average molecular weight is 394 g/mol. The standard InChI is InChI=1S/C22H20ClN3O2/c1-3-11-28-16-9-7-15(8-10-16)17-12-21(27)25-22-18(17)13-24-26(22)20-6-4-5-19(23)14(20)2/h3-10,13,17H,1,11-12H2,2H3,(H,25,27)/t17-/m0/s1. The Bertz CT molecular complexity index is 1040. The van der Waals surface area contributed by atoms with Crippen molar-refractivity contribution in [2.45, 2.75) is 19.3 Å². The van der Waals surface area contributed by atoms with Gasteiger partial charge in [0.25, 0.3) is 0 Å². The molecule has 1 amide bonds. The van der Waals surface area contributed by atoms with E-state index in [0.717, 1.165) is 28.1 Å². The number of aromatic nitrogens is 2. The van der Waals surface area contributed by atoms with Crippen LogP contribution in [0.25, 0.3) is 5.69 Å². The van der Waals surface area contributed by atoms with Crippen LogP contribution in [0.4, 0.5) is 5.82 Å². The predicted molar refractivity (Wildman–Crippen MR) is 111 cm³/mol. The van der Waals surface area contributed by atoms with Crippen LogP contribution in [0.5, 0.6) is 5.75 Å². The van der Waals surface area contributed by atoms with Gasteiger partial charge < -0.3 is 10.1 Å². The SMILES string of the molecule is C=CCOc1ccc([C@@H]2CC(=O)Nc3c2cnn3-c2cccc(Cl)c2C)cc1. The number of nitrogens with one attached hydrogen (secondary N) is 1. The van der Waals surface area contributed by atoms with Crippen LogP contribution in [0.1, 0.15) is 29.0 Å². The van der Waals surface area contributed by atoms with Crippen LogP contribution in [0.3, 0.4) is 0 Å². The van der Waals surface area contributed by atoms with E-state index in [2.05, 4.69) is 17.0 Å². The third kappa shape index (κ3) is 3.29. The van der Waals surface area contributed by atoms with Crippen LogP contribution in [0.15, 0.2) is 61.3 Å². The largest absolute Gasteiger partial charge is 0.490 e. The summed E-state index contributed by atoms with van der Waals surface area (Å²) in [7, 11) is 0. The molecule has 2 aromatic carbocycles. The Morgan fingerprint density at radius 1 is 1.32 bits per heavy atom. The van der Waals surface area contributed by atoms with Crippen LogP contribution in [0.2, 0.25) is 5.02 Å². The number of amides is 1. The van der Waals surface area contributed by atoms with Crippen molar-refractivity contribution in [1.29, 1.82) is 0 Å². The zero-order valence-electron chi connectivity index (χ0n) is 15.5. The van der Waals surface area contributed by atoms with Crippen LogP contribution in [-0.4, -0.2) is 22.3 Å². The van der Waals surface area contributed by atoms with Gasteiger partial charge in [0.1, 0.15) is 18.2 Å². The Hall–Kier alpha value is -3.05. The number of carbonyl (C=O) groups is 1. The molecule has 0 saturated carbocycles. The number of rotatable bonds is 5. The minimum absolute atomic E-state index is 0.0362. The van der Waals surface area contributed by atoms with Gasteiger partial charge in [-0.1, -0.05) is 42.5 Å². The lowest BCUT2D eigenvalue weighted by Gasteiger charge is -2.24. The summed E-state index contributed by atoms with van der Waals surface area (Å²) in [6.07, 6.45) is 3.90. The maximum absolute atomic E-state index is 12.4. The molecule has 5 nitrogen and oxygen atoms in total. The fourth-order valence-electron chi connectivity index (χ4n) is 3.48. The predicted octanol–water partition coefficient (Wildman–Crippen LogP) is 4.87. The highest BCUT2D eigenvalue weighted by atomic mass is 35.5. The number of fused-ring (bicyclic) bond motifs is 1. The highest BCUT2D eigenvalue weighted by Gasteiger charge is 2.30. The lowest BCUT2D eigenvalue weighted by Crippen LogP contribution is -2.24. The Labute approximate surface area is 168 Å². The second-order valence-electron chi connectivity index (χ2n) is 6.72. The van der Waals surface area contributed by atoms with Crippen molar-refractivity contribution >= 4 is 23.3 Å². The molecule has 6 heteroatoms. The Morgan fingerprint density at radius 3 is 2.86 bits per heavy atom. The molecule has 3 aromatic rings. The lowest BCUT2D eigenvalue weighted by atomic mass is 9.87. The number of ether oxygens (including phenoxy) is 1. The van der Waals surface area contributed by atoms with E-state index in [9.17, 15) is 4.79 Å². The first-order valence-corrected chi connectivity index (χ1v) is 9.43. The molecule has 1 aliphatic heterocycles. The monoisotopic (exact) mass is 393 g/mol. The van der Waals surface area contributed by atoms with E-state index >= 15 is 0 Å². The van der Waals surface area contributed by atoms with E-state index < -0.39 is 0 Å². The number of halogens is 1. The summed E-state index contributed by atoms with van der Waals surface area (Å²) in [5.41, 5.74) is 3.79. The van der Waals surface area contributed by atoms with Crippen LogP contribution < -0.4 is 10.1 Å². The van der Waals surface area contributed by atoms with Gasteiger partial charge in [-0.15, -0.1) is 0 Å². The number of hydrogen-bond donors (Lipinski definition) is 1. The molecule has 1 aliphatic rings. The van der Waals surface area contributed by atoms with E-state index in [0.29, 0.717) is 23.9 Å². The second-order valence-corrected chi connectivity index (χ2v) is 7.13. The lowest BCUT2D eigenvalue weighted by molar-refractivity contribution is -0.116. The van der Waals surface area contributed by atoms with Crippen molar-refractivity contribution in [2.24, 2.45) is 0 Å². The molecule has 4 rings (SSSR count). The summed E-state index contributed by atoms with van der Waals surface area (Å²) in [6.45, 7) is 6.05. The third-order valence-corrected chi connectivity index (χ3v) is 5.35. The molecular weight excluding hydrogens is 374 g/mol. The summed E-state index contributed by atoms with van der Waals surface area (Å²) in [5.74, 6) is 1.37. The molecule has 28 heavy (non-hydrogen) atoms. The maximum atomic E-state index is 12.4. The van der Waals surface area contributed by atoms with Gasteiger partial charge in [-0.05, 0) is 42.3 Å². The third-order valence-electron chi connectivity index (χ3n) is 4.94. The van der Waals surface area contributed by atoms with Gasteiger partial charge >= 0.3 is 0 Å². The summed E-state index contributed by atoms with van der Waals surface area (Å²) in [6, 6.07) is 13.5. The zero-order valence-corrected chi connectivity index (χ0v) is 16.2. The molecule has 0 bridgehead atoms. The Kier molecular flexibility index (Phi) is 4.92. The number of carbonyl (C=O) groups excluding carboxylic acids is 1. The van der Waals surface area contributed by atoms with Crippen LogP contribution in [-0.2, 0) is 4.79 Å². The Balaban J connectivity index is 1.72. The van der Waals surface area contributed by atoms with Crippen LogP contribution in [0, 0.1) is 6.92 Å². The van der Waals surface area contributed by atoms with Crippen molar-refractivity contribution in [3.8, 4) is 11.4 Å². The number of nitrogens with zero attached hydrogens (tertiary/aromatic N) is 2. The minimum atomic E-state index is -0.0644. The summed E-state index contributed by atoms with van der Waals surface area (Å²) < 4.78 is 7.30. The molecule has 0 radical (unpaired) electrons. The second kappa shape index (κ2) is 7.52. The van der Waals surface area contributed by atoms with Crippen molar-refractivity contribution in [3.05, 3.63) is 83.0 Å². The minimum Gasteiger partial charge on any atom is -0.490 e. The van der Waals surface area contributed by atoms with E-state index in [1.54, 1.807) is 10.8 Å². The van der Waals surface area contributed by atoms with Crippen molar-refractivity contribution in [3.63, 3.8) is 0 Å². The van der Waals surface area contributed by atoms with Crippen LogP contribution >= 0.6 is 11.6 Å². The first-order chi connectivity index (χ1) is 13.6. The van der Waals surface area contributed by atoms with Crippen molar-refractivity contribution < 1.29 is 9.53 Å². The van der Waals surface area contributed by atoms with Gasteiger partial charge in [-0.3, -0.25) is 4.79 Å². The average Bonchev–Trinajstić information content (AvgIpc) is 3.12. The first kappa shape index (κ1) is 18.3. The van der Waals surface area contributed by atoms with Gasteiger partial charge in [0.2, 0.25) is 5.91 Å². The Morgan fingerprint density at radius 2 is 2.11 bits per heavy atom. The molecule has 0 saturated heterocycles. The molecule has 2 heterocycles. The first-order valence-electron chi connectivity index (χ1n) is 9.05.